The molecule has 3 aromatic rings. The molecule has 4 heterocycles. The number of fused-ring (bicyclic) bond motifs is 10. The number of nitrogens with one attached hydrogen (secondary N) is 1. The second-order valence-corrected chi connectivity index (χ2v) is 26.2. The minimum Gasteiger partial charge on any atom is -0.507 e. The normalized spacial score (nSPS) is 34.7. The first kappa shape index (κ1) is 55.5. The summed E-state index contributed by atoms with van der Waals surface area (Å²) >= 11 is 0. The Hall–Kier alpha value is -5.07. The van der Waals surface area contributed by atoms with Crippen molar-refractivity contribution >= 4 is 23.4 Å². The van der Waals surface area contributed by atoms with Crippen LogP contribution in [0.25, 0.3) is 0 Å². The third-order valence-corrected chi connectivity index (χ3v) is 21.0. The largest absolute Gasteiger partial charge is 0.507 e. The number of aromatic hydroxyl groups is 1. The summed E-state index contributed by atoms with van der Waals surface area (Å²) in [7, 11) is 0. The highest BCUT2D eigenvalue weighted by atomic mass is 16.6. The monoisotopic (exact) mass is 1090 g/mol. The molecule has 80 heavy (non-hydrogen) atoms. The Morgan fingerprint density at radius 2 is 1.55 bits per heavy atom. The fourth-order valence-electron chi connectivity index (χ4n) is 17.0. The summed E-state index contributed by atoms with van der Waals surface area (Å²) in [5, 5.41) is 77.2. The summed E-state index contributed by atoms with van der Waals surface area (Å²) in [5.74, 6) is 4.01. The van der Waals surface area contributed by atoms with Crippen LogP contribution < -0.4 is 10.1 Å². The number of hydrogen-bond donors (Lipinski definition) is 7. The van der Waals surface area contributed by atoms with Gasteiger partial charge in [-0.1, -0.05) is 93.5 Å². The number of esters is 2. The molecule has 15 unspecified atom stereocenters. The van der Waals surface area contributed by atoms with Gasteiger partial charge in [-0.05, 0) is 165 Å². The Bertz CT molecular complexity index is 2930. The molecular formula is C67H83NO12. The van der Waals surface area contributed by atoms with Crippen LogP contribution in [0.4, 0.5) is 5.69 Å². The van der Waals surface area contributed by atoms with E-state index in [-0.39, 0.29) is 98.1 Å². The summed E-state index contributed by atoms with van der Waals surface area (Å²) < 4.78 is 19.7. The van der Waals surface area contributed by atoms with Crippen LogP contribution in [-0.2, 0) is 49.7 Å². The van der Waals surface area contributed by atoms with Crippen molar-refractivity contribution in [2.75, 3.05) is 11.9 Å². The molecular weight excluding hydrogens is 1010 g/mol. The van der Waals surface area contributed by atoms with Crippen molar-refractivity contribution in [1.82, 2.24) is 0 Å². The molecule has 15 atom stereocenters. The van der Waals surface area contributed by atoms with Crippen molar-refractivity contribution in [1.29, 1.82) is 0 Å². The molecule has 5 saturated carbocycles. The Labute approximate surface area is 471 Å². The minimum absolute atomic E-state index is 0.0217. The zero-order valence-electron chi connectivity index (χ0n) is 46.6. The number of hydrogen-bond acceptors (Lipinski definition) is 13. The highest BCUT2D eigenvalue weighted by Gasteiger charge is 2.62. The van der Waals surface area contributed by atoms with Gasteiger partial charge in [-0.25, -0.2) is 4.79 Å². The Kier molecular flexibility index (Phi) is 15.9. The van der Waals surface area contributed by atoms with Gasteiger partial charge >= 0.3 is 11.9 Å². The number of carbonyl (C=O) groups excluding carboxylic acids is 3. The molecule has 1 saturated heterocycles. The van der Waals surface area contributed by atoms with E-state index in [1.54, 1.807) is 19.1 Å². The standard InChI is InChI=1S/C67H83NO12/c1-66(76,64(74)58-23-20-41-12-6-8-17-57(41)78-58)37-68-49-26-40(36-69)25-46(30-49)43-18-19-44-35-60(72)80-63-51(44)33-47(62(73)61(63)42-13-3-2-4-14-42)34-59-67(77)54-16-7-5-15-45(54)32-52-53(56(71)22-21-55(52)67)28-39-11-9-10-38(24-39)27-50(70)31-48(29-43)65(75)79-59/h9-11,24-26,30-31,33,41-45,50,52-55,57-59,64,68-70,73-74,76-77H,2-8,12-17,20-23,27-29,32,34-37H2,1H3. The number of ether oxygens (including phenoxy) is 3. The number of aliphatic hydroxyl groups is 5. The fraction of sp³-hybridized carbons (Fsp3) is 0.627. The second kappa shape index (κ2) is 22.9. The van der Waals surface area contributed by atoms with Crippen LogP contribution in [0, 0.1) is 47.3 Å². The zero-order valence-corrected chi connectivity index (χ0v) is 46.6. The summed E-state index contributed by atoms with van der Waals surface area (Å²) in [4.78, 5) is 44.1. The van der Waals surface area contributed by atoms with Crippen LogP contribution >= 0.6 is 0 Å². The van der Waals surface area contributed by atoms with E-state index in [4.69, 9.17) is 14.2 Å². The minimum atomic E-state index is -1.62. The van der Waals surface area contributed by atoms with E-state index in [1.165, 1.54) is 6.42 Å². The number of phenolic OH excluding ortho intramolecular Hbond substituents is 1. The van der Waals surface area contributed by atoms with Gasteiger partial charge in [-0.15, -0.1) is 0 Å². The van der Waals surface area contributed by atoms with Gasteiger partial charge in [0, 0.05) is 60.0 Å². The summed E-state index contributed by atoms with van der Waals surface area (Å²) in [6.07, 6.45) is 13.5. The maximum absolute atomic E-state index is 15.8. The van der Waals surface area contributed by atoms with E-state index in [1.807, 2.05) is 36.4 Å². The lowest BCUT2D eigenvalue weighted by Crippen LogP contribution is -2.65. The molecule has 0 amide bonds. The van der Waals surface area contributed by atoms with E-state index in [0.717, 1.165) is 101 Å². The van der Waals surface area contributed by atoms with E-state index in [0.29, 0.717) is 64.4 Å². The average Bonchev–Trinajstić information content (AvgIpc) is 3.54. The molecule has 4 aliphatic heterocycles. The Morgan fingerprint density at radius 1 is 0.800 bits per heavy atom. The first-order chi connectivity index (χ1) is 38.6. The smallest absolute Gasteiger partial charge is 0.334 e. The van der Waals surface area contributed by atoms with Crippen molar-refractivity contribution in [3.63, 3.8) is 0 Å². The number of aliphatic hydroxyl groups excluding tert-OH is 3. The van der Waals surface area contributed by atoms with E-state index >= 15 is 4.79 Å². The van der Waals surface area contributed by atoms with Crippen LogP contribution in [0.2, 0.25) is 0 Å². The van der Waals surface area contributed by atoms with Crippen LogP contribution in [0.15, 0.2) is 60.2 Å². The lowest BCUT2D eigenvalue weighted by molar-refractivity contribution is -0.228. The van der Waals surface area contributed by atoms with Crippen LogP contribution in [-0.4, -0.2) is 96.6 Å². The molecule has 12 rings (SSSR count). The molecule has 10 bridgehead atoms. The summed E-state index contributed by atoms with van der Waals surface area (Å²) in [6.45, 7) is 1.20. The number of carbonyl (C=O) groups is 3. The predicted octanol–water partition coefficient (Wildman–Crippen LogP) is 9.47. The SMILES string of the molecule is CC(O)(CNc1cc(CO)cc(C2C#CC3CC(=O)Oc4c3cc(c(O)c4C3CCCCC3)CC3OC(=O)C(=CC(O)Cc4cccc(c4)CC4C(=O)CCC5C4CC4CCCCC4C35O)C2)c1)C(O)C1CCC2CCCCC2O1. The molecule has 7 N–H and O–H groups in total. The van der Waals surface area contributed by atoms with Gasteiger partial charge < -0.3 is 50.2 Å². The van der Waals surface area contributed by atoms with Gasteiger partial charge in [0.25, 0.3) is 0 Å². The maximum atomic E-state index is 15.8. The molecule has 428 valence electrons. The van der Waals surface area contributed by atoms with Gasteiger partial charge in [0.05, 0.1) is 37.3 Å². The predicted molar refractivity (Wildman–Crippen MR) is 301 cm³/mol. The highest BCUT2D eigenvalue weighted by molar-refractivity contribution is 5.89. The van der Waals surface area contributed by atoms with Crippen molar-refractivity contribution in [2.45, 2.75) is 221 Å². The van der Waals surface area contributed by atoms with Crippen molar-refractivity contribution < 1.29 is 59.2 Å². The number of anilines is 1. The highest BCUT2D eigenvalue weighted by Crippen LogP contribution is 2.59. The topological polar surface area (TPSA) is 212 Å². The number of ketones is 1. The number of phenols is 1. The zero-order chi connectivity index (χ0) is 55.5. The van der Waals surface area contributed by atoms with Crippen LogP contribution in [0.5, 0.6) is 11.5 Å². The molecule has 13 heteroatoms. The molecule has 13 nitrogen and oxygen atoms in total. The number of rotatable bonds is 8. The van der Waals surface area contributed by atoms with E-state index in [9.17, 15) is 40.2 Å². The molecule has 9 aliphatic rings. The number of Topliss-reactive ketones (excluding diaryl/α,β-unsaturated/α-hetero) is 1. The molecule has 5 aliphatic carbocycles. The Morgan fingerprint density at radius 3 is 2.36 bits per heavy atom. The van der Waals surface area contributed by atoms with Gasteiger partial charge in [0.15, 0.2) is 0 Å². The van der Waals surface area contributed by atoms with E-state index < -0.39 is 65.3 Å². The maximum Gasteiger partial charge on any atom is 0.334 e. The first-order valence-electron chi connectivity index (χ1n) is 30.7. The molecule has 0 spiro atoms. The summed E-state index contributed by atoms with van der Waals surface area (Å²) in [5.41, 5.74) is 2.08. The van der Waals surface area contributed by atoms with Crippen LogP contribution in [0.3, 0.4) is 0 Å². The molecule has 0 radical (unpaired) electrons. The molecule has 6 fully saturated rings. The average molecular weight is 1090 g/mol. The fourth-order valence-corrected chi connectivity index (χ4v) is 17.0. The lowest BCUT2D eigenvalue weighted by atomic mass is 9.48. The van der Waals surface area contributed by atoms with Crippen LogP contribution in [0.1, 0.15) is 192 Å². The molecule has 0 aromatic heterocycles. The summed E-state index contributed by atoms with van der Waals surface area (Å²) in [6, 6.07) is 15.3. The van der Waals surface area contributed by atoms with Crippen molar-refractivity contribution in [2.24, 2.45) is 35.5 Å². The third kappa shape index (κ3) is 10.9. The van der Waals surface area contributed by atoms with Gasteiger partial charge in [-0.2, -0.15) is 0 Å². The van der Waals surface area contributed by atoms with Crippen molar-refractivity contribution in [3.8, 4) is 23.3 Å². The second-order valence-electron chi connectivity index (χ2n) is 26.2. The van der Waals surface area contributed by atoms with Gasteiger partial charge in [-0.3, -0.25) is 9.59 Å². The molecule has 3 aromatic carbocycles. The third-order valence-electron chi connectivity index (χ3n) is 21.0. The van der Waals surface area contributed by atoms with Gasteiger partial charge in [0.2, 0.25) is 0 Å². The quantitative estimate of drug-likeness (QED) is 0.0637. The van der Waals surface area contributed by atoms with Crippen molar-refractivity contribution in [3.05, 3.63) is 99.1 Å². The lowest BCUT2D eigenvalue weighted by Gasteiger charge is -2.59. The Balaban J connectivity index is 0.992. The first-order valence-corrected chi connectivity index (χ1v) is 30.7. The number of benzene rings is 3. The van der Waals surface area contributed by atoms with E-state index in [2.05, 4.69) is 23.2 Å². The van der Waals surface area contributed by atoms with Gasteiger partial charge in [0.1, 0.15) is 40.7 Å².